The third kappa shape index (κ3) is 3.62. The quantitative estimate of drug-likeness (QED) is 0.948. The van der Waals surface area contributed by atoms with E-state index in [0.29, 0.717) is 5.92 Å². The van der Waals surface area contributed by atoms with Crippen molar-refractivity contribution in [3.05, 3.63) is 65.5 Å². The van der Waals surface area contributed by atoms with Gasteiger partial charge in [0.05, 0.1) is 0 Å². The molecule has 3 nitrogen and oxygen atoms in total. The van der Waals surface area contributed by atoms with Crippen molar-refractivity contribution in [2.45, 2.75) is 25.4 Å². The zero-order chi connectivity index (χ0) is 13.9. The van der Waals surface area contributed by atoms with Gasteiger partial charge in [0.25, 0.3) is 0 Å². The van der Waals surface area contributed by atoms with Crippen molar-refractivity contribution < 1.29 is 0 Å². The summed E-state index contributed by atoms with van der Waals surface area (Å²) in [4.78, 5) is 6.80. The number of nitrogens with zero attached hydrogens (tertiary/aromatic N) is 2. The van der Waals surface area contributed by atoms with E-state index in [1.54, 1.807) is 0 Å². The highest BCUT2D eigenvalue weighted by atomic mass is 35.5. The number of aryl methyl sites for hydroxylation is 1. The molecule has 2 heterocycles. The smallest absolute Gasteiger partial charge is 0.0417 e. The van der Waals surface area contributed by atoms with Crippen LogP contribution in [0.15, 0.2) is 48.7 Å². The van der Waals surface area contributed by atoms with Crippen molar-refractivity contribution >= 4 is 12.4 Å². The van der Waals surface area contributed by atoms with Crippen LogP contribution in [-0.2, 0) is 6.54 Å². The van der Waals surface area contributed by atoms with Gasteiger partial charge < -0.3 is 5.73 Å². The number of halogens is 1. The van der Waals surface area contributed by atoms with E-state index in [0.717, 1.165) is 25.3 Å². The Morgan fingerprint density at radius 2 is 1.90 bits per heavy atom. The number of hydrogen-bond donors (Lipinski definition) is 1. The van der Waals surface area contributed by atoms with Gasteiger partial charge in [-0.15, -0.1) is 12.4 Å². The summed E-state index contributed by atoms with van der Waals surface area (Å²) in [5.74, 6) is 0.438. The molecule has 1 aromatic heterocycles. The minimum atomic E-state index is 0. The highest BCUT2D eigenvalue weighted by Gasteiger charge is 2.31. The Balaban J connectivity index is 0.00000161. The zero-order valence-electron chi connectivity index (χ0n) is 12.3. The standard InChI is InChI=1S/C17H21N3.ClH/c1-13-15(8-5-9-19-13)10-20-11-16(17(18)12-20)14-6-3-2-4-7-14;/h2-9,16-17H,10-12,18H2,1H3;1H/t16-,17+;/m0./s1. The molecule has 0 radical (unpaired) electrons. The molecule has 1 aliphatic rings. The van der Waals surface area contributed by atoms with Gasteiger partial charge in [-0.1, -0.05) is 36.4 Å². The lowest BCUT2D eigenvalue weighted by atomic mass is 9.95. The Morgan fingerprint density at radius 3 is 2.62 bits per heavy atom. The molecule has 0 amide bonds. The van der Waals surface area contributed by atoms with Crippen molar-refractivity contribution in [3.8, 4) is 0 Å². The molecule has 0 aliphatic carbocycles. The molecule has 2 N–H and O–H groups in total. The lowest BCUT2D eigenvalue weighted by molar-refractivity contribution is 0.322. The van der Waals surface area contributed by atoms with Crippen LogP contribution in [0, 0.1) is 6.92 Å². The topological polar surface area (TPSA) is 42.2 Å². The van der Waals surface area contributed by atoms with Gasteiger partial charge in [0.1, 0.15) is 0 Å². The fourth-order valence-electron chi connectivity index (χ4n) is 3.02. The van der Waals surface area contributed by atoms with E-state index >= 15 is 0 Å². The normalized spacial score (nSPS) is 22.0. The van der Waals surface area contributed by atoms with Crippen LogP contribution >= 0.6 is 12.4 Å². The molecule has 0 saturated carbocycles. The van der Waals surface area contributed by atoms with Crippen molar-refractivity contribution in [2.24, 2.45) is 5.73 Å². The van der Waals surface area contributed by atoms with Gasteiger partial charge in [-0.05, 0) is 24.1 Å². The molecule has 1 saturated heterocycles. The van der Waals surface area contributed by atoms with Crippen LogP contribution < -0.4 is 5.73 Å². The first-order valence-electron chi connectivity index (χ1n) is 7.17. The SMILES string of the molecule is Cc1ncccc1CN1C[C@@H](N)[C@H](c2ccccc2)C1.Cl. The first-order chi connectivity index (χ1) is 9.74. The highest BCUT2D eigenvalue weighted by Crippen LogP contribution is 2.27. The van der Waals surface area contributed by atoms with E-state index in [4.69, 9.17) is 5.73 Å². The van der Waals surface area contributed by atoms with E-state index in [9.17, 15) is 0 Å². The number of likely N-dealkylation sites (tertiary alicyclic amines) is 1. The minimum absolute atomic E-state index is 0. The molecule has 1 aliphatic heterocycles. The third-order valence-corrected chi connectivity index (χ3v) is 4.18. The van der Waals surface area contributed by atoms with Gasteiger partial charge in [0.2, 0.25) is 0 Å². The number of benzene rings is 1. The van der Waals surface area contributed by atoms with Crippen LogP contribution in [0.4, 0.5) is 0 Å². The van der Waals surface area contributed by atoms with Crippen molar-refractivity contribution in [2.75, 3.05) is 13.1 Å². The molecule has 4 heteroatoms. The molecule has 1 aromatic carbocycles. The number of rotatable bonds is 3. The van der Waals surface area contributed by atoms with E-state index in [2.05, 4.69) is 53.2 Å². The zero-order valence-corrected chi connectivity index (χ0v) is 13.1. The van der Waals surface area contributed by atoms with Crippen LogP contribution in [0.1, 0.15) is 22.7 Å². The van der Waals surface area contributed by atoms with Crippen LogP contribution in [-0.4, -0.2) is 29.0 Å². The average molecular weight is 304 g/mol. The summed E-state index contributed by atoms with van der Waals surface area (Å²) in [6, 6.07) is 15.0. The van der Waals surface area contributed by atoms with Crippen LogP contribution in [0.3, 0.4) is 0 Å². The maximum absolute atomic E-state index is 6.34. The first kappa shape index (κ1) is 16.0. The predicted molar refractivity (Wildman–Crippen MR) is 88.7 cm³/mol. The molecule has 112 valence electrons. The number of hydrogen-bond acceptors (Lipinski definition) is 3. The Bertz CT molecular complexity index is 573. The lowest BCUT2D eigenvalue weighted by Gasteiger charge is -2.17. The van der Waals surface area contributed by atoms with E-state index < -0.39 is 0 Å². The molecular weight excluding hydrogens is 282 g/mol. The lowest BCUT2D eigenvalue weighted by Crippen LogP contribution is -2.28. The fraction of sp³-hybridized carbons (Fsp3) is 0.353. The maximum Gasteiger partial charge on any atom is 0.0417 e. The van der Waals surface area contributed by atoms with Gasteiger partial charge in [-0.2, -0.15) is 0 Å². The van der Waals surface area contributed by atoms with Crippen LogP contribution in [0.25, 0.3) is 0 Å². The Hall–Kier alpha value is -1.42. The molecule has 21 heavy (non-hydrogen) atoms. The Kier molecular flexibility index (Phi) is 5.34. The van der Waals surface area contributed by atoms with Crippen LogP contribution in [0.2, 0.25) is 0 Å². The third-order valence-electron chi connectivity index (χ3n) is 4.18. The van der Waals surface area contributed by atoms with Crippen molar-refractivity contribution in [3.63, 3.8) is 0 Å². The number of pyridine rings is 1. The monoisotopic (exact) mass is 303 g/mol. The molecule has 3 rings (SSSR count). The fourth-order valence-corrected chi connectivity index (χ4v) is 3.02. The van der Waals surface area contributed by atoms with Crippen molar-refractivity contribution in [1.82, 2.24) is 9.88 Å². The first-order valence-corrected chi connectivity index (χ1v) is 7.17. The molecule has 2 aromatic rings. The summed E-state index contributed by atoms with van der Waals surface area (Å²) in [6.07, 6.45) is 1.85. The summed E-state index contributed by atoms with van der Waals surface area (Å²) in [7, 11) is 0. The summed E-state index contributed by atoms with van der Waals surface area (Å²) in [5.41, 5.74) is 10.1. The second kappa shape index (κ2) is 7.03. The van der Waals surface area contributed by atoms with Crippen LogP contribution in [0.5, 0.6) is 0 Å². The average Bonchev–Trinajstić information content (AvgIpc) is 2.83. The number of aromatic nitrogens is 1. The largest absolute Gasteiger partial charge is 0.326 e. The molecular formula is C17H22ClN3. The van der Waals surface area contributed by atoms with Gasteiger partial charge in [0, 0.05) is 43.5 Å². The molecule has 0 spiro atoms. The van der Waals surface area contributed by atoms with Gasteiger partial charge in [-0.25, -0.2) is 0 Å². The summed E-state index contributed by atoms with van der Waals surface area (Å²) >= 11 is 0. The van der Waals surface area contributed by atoms with E-state index in [1.165, 1.54) is 11.1 Å². The van der Waals surface area contributed by atoms with Gasteiger partial charge in [-0.3, -0.25) is 9.88 Å². The molecule has 2 atom stereocenters. The molecule has 0 bridgehead atoms. The second-order valence-corrected chi connectivity index (χ2v) is 5.62. The minimum Gasteiger partial charge on any atom is -0.326 e. The number of nitrogens with two attached hydrogens (primary N) is 1. The molecule has 1 fully saturated rings. The van der Waals surface area contributed by atoms with E-state index in [1.807, 2.05) is 12.3 Å². The summed E-state index contributed by atoms with van der Waals surface area (Å²) in [6.45, 7) is 4.99. The van der Waals surface area contributed by atoms with E-state index in [-0.39, 0.29) is 18.4 Å². The van der Waals surface area contributed by atoms with Gasteiger partial charge in [0.15, 0.2) is 0 Å². The van der Waals surface area contributed by atoms with Crippen molar-refractivity contribution in [1.29, 1.82) is 0 Å². The second-order valence-electron chi connectivity index (χ2n) is 5.62. The predicted octanol–water partition coefficient (Wildman–Crippen LogP) is 2.74. The molecule has 0 unspecified atom stereocenters. The maximum atomic E-state index is 6.34. The Morgan fingerprint density at radius 1 is 1.14 bits per heavy atom. The summed E-state index contributed by atoms with van der Waals surface area (Å²) in [5, 5.41) is 0. The van der Waals surface area contributed by atoms with Gasteiger partial charge >= 0.3 is 0 Å². The highest BCUT2D eigenvalue weighted by molar-refractivity contribution is 5.85. The summed E-state index contributed by atoms with van der Waals surface area (Å²) < 4.78 is 0. The Labute approximate surface area is 132 Å².